The smallest absolute Gasteiger partial charge is 0.243 e. The lowest BCUT2D eigenvalue weighted by Gasteiger charge is -2.30. The van der Waals surface area contributed by atoms with Crippen molar-refractivity contribution in [2.45, 2.75) is 64.5 Å². The van der Waals surface area contributed by atoms with Crippen molar-refractivity contribution in [2.75, 3.05) is 6.54 Å². The summed E-state index contributed by atoms with van der Waals surface area (Å²) in [5.41, 5.74) is 1.12. The van der Waals surface area contributed by atoms with Crippen LogP contribution in [0.25, 0.3) is 5.69 Å². The van der Waals surface area contributed by atoms with E-state index in [0.717, 1.165) is 32.1 Å². The van der Waals surface area contributed by atoms with Gasteiger partial charge in [-0.1, -0.05) is 25.3 Å². The summed E-state index contributed by atoms with van der Waals surface area (Å²) in [4.78, 5) is 31.6. The summed E-state index contributed by atoms with van der Waals surface area (Å²) < 4.78 is 16.3. The molecule has 0 spiro atoms. The van der Waals surface area contributed by atoms with Crippen LogP contribution in [0.5, 0.6) is 0 Å². The van der Waals surface area contributed by atoms with Crippen molar-refractivity contribution in [1.82, 2.24) is 19.8 Å². The number of likely N-dealkylation sites (tertiary alicyclic amines) is 1. The molecular formula is C23H29FN4O2. The maximum absolute atomic E-state index is 14.6. The molecule has 2 aliphatic rings. The van der Waals surface area contributed by atoms with E-state index in [2.05, 4.69) is 10.3 Å². The second kappa shape index (κ2) is 8.98. The number of aryl methyl sites for hydroxylation is 1. The van der Waals surface area contributed by atoms with Crippen molar-refractivity contribution in [3.8, 4) is 5.69 Å². The second-order valence-corrected chi connectivity index (χ2v) is 8.37. The SMILES string of the molecule is Cc1nccn1-c1ccc(CNC(=O)C2CCCN2C(=O)C2CCCCC2)cc1F. The van der Waals surface area contributed by atoms with E-state index in [0.29, 0.717) is 30.0 Å². The van der Waals surface area contributed by atoms with E-state index in [9.17, 15) is 14.0 Å². The summed E-state index contributed by atoms with van der Waals surface area (Å²) in [6, 6.07) is 4.53. The Morgan fingerprint density at radius 2 is 1.97 bits per heavy atom. The fraction of sp³-hybridized carbons (Fsp3) is 0.522. The molecular weight excluding hydrogens is 383 g/mol. The van der Waals surface area contributed by atoms with Crippen molar-refractivity contribution in [3.63, 3.8) is 0 Å². The molecule has 1 N–H and O–H groups in total. The van der Waals surface area contributed by atoms with Gasteiger partial charge in [0.15, 0.2) is 0 Å². The van der Waals surface area contributed by atoms with Gasteiger partial charge in [0.25, 0.3) is 0 Å². The van der Waals surface area contributed by atoms with Gasteiger partial charge in [0, 0.05) is 31.4 Å². The Kier molecular flexibility index (Phi) is 6.16. The fourth-order valence-electron chi connectivity index (χ4n) is 4.68. The zero-order chi connectivity index (χ0) is 21.1. The molecule has 30 heavy (non-hydrogen) atoms. The molecule has 7 heteroatoms. The van der Waals surface area contributed by atoms with Gasteiger partial charge in [0.1, 0.15) is 17.7 Å². The Morgan fingerprint density at radius 3 is 2.67 bits per heavy atom. The van der Waals surface area contributed by atoms with Crippen LogP contribution in [0.2, 0.25) is 0 Å². The Labute approximate surface area is 176 Å². The molecule has 1 aromatic carbocycles. The first-order valence-corrected chi connectivity index (χ1v) is 10.9. The standard InChI is InChI=1S/C23H29FN4O2/c1-16-25-11-13-27(16)20-10-9-17(14-19(20)24)15-26-22(29)21-8-5-12-28(21)23(30)18-6-3-2-4-7-18/h9-11,13-14,18,21H,2-8,12,15H2,1H3,(H,26,29). The van der Waals surface area contributed by atoms with Gasteiger partial charge in [-0.15, -0.1) is 0 Å². The van der Waals surface area contributed by atoms with E-state index >= 15 is 0 Å². The average Bonchev–Trinajstić information content (AvgIpc) is 3.41. The Balaban J connectivity index is 1.37. The zero-order valence-electron chi connectivity index (χ0n) is 17.4. The van der Waals surface area contributed by atoms with E-state index < -0.39 is 6.04 Å². The third-order valence-electron chi connectivity index (χ3n) is 6.36. The number of imidazole rings is 1. The molecule has 1 unspecified atom stereocenters. The van der Waals surface area contributed by atoms with E-state index in [1.54, 1.807) is 34.0 Å². The summed E-state index contributed by atoms with van der Waals surface area (Å²) in [5, 5.41) is 2.90. The summed E-state index contributed by atoms with van der Waals surface area (Å²) in [6.45, 7) is 2.71. The quantitative estimate of drug-likeness (QED) is 0.817. The first-order chi connectivity index (χ1) is 14.5. The van der Waals surface area contributed by atoms with Crippen LogP contribution >= 0.6 is 0 Å². The summed E-state index contributed by atoms with van der Waals surface area (Å²) >= 11 is 0. The third-order valence-corrected chi connectivity index (χ3v) is 6.36. The average molecular weight is 413 g/mol. The Hall–Kier alpha value is -2.70. The number of nitrogens with one attached hydrogen (secondary N) is 1. The molecule has 6 nitrogen and oxygen atoms in total. The maximum Gasteiger partial charge on any atom is 0.243 e. The number of halogens is 1. The predicted molar refractivity (Wildman–Crippen MR) is 111 cm³/mol. The molecule has 1 saturated heterocycles. The summed E-state index contributed by atoms with van der Waals surface area (Å²) in [7, 11) is 0. The molecule has 1 atom stereocenters. The zero-order valence-corrected chi connectivity index (χ0v) is 17.4. The maximum atomic E-state index is 14.6. The molecule has 2 heterocycles. The molecule has 1 aromatic heterocycles. The number of amides is 2. The summed E-state index contributed by atoms with van der Waals surface area (Å²) in [6.07, 6.45) is 10.2. The molecule has 1 saturated carbocycles. The van der Waals surface area contributed by atoms with Crippen LogP contribution < -0.4 is 5.32 Å². The molecule has 2 amide bonds. The van der Waals surface area contributed by atoms with Crippen molar-refractivity contribution >= 4 is 11.8 Å². The highest BCUT2D eigenvalue weighted by Crippen LogP contribution is 2.29. The molecule has 2 fully saturated rings. The van der Waals surface area contributed by atoms with Crippen molar-refractivity contribution < 1.29 is 14.0 Å². The van der Waals surface area contributed by atoms with Gasteiger partial charge < -0.3 is 14.8 Å². The summed E-state index contributed by atoms with van der Waals surface area (Å²) in [5.74, 6) is 0.405. The van der Waals surface area contributed by atoms with Crippen LogP contribution in [0.4, 0.5) is 4.39 Å². The van der Waals surface area contributed by atoms with Crippen molar-refractivity contribution in [1.29, 1.82) is 0 Å². The lowest BCUT2D eigenvalue weighted by Crippen LogP contribution is -2.48. The number of hydrogen-bond donors (Lipinski definition) is 1. The molecule has 1 aliphatic carbocycles. The molecule has 160 valence electrons. The Morgan fingerprint density at radius 1 is 1.17 bits per heavy atom. The number of carbonyl (C=O) groups excluding carboxylic acids is 2. The molecule has 0 bridgehead atoms. The van der Waals surface area contributed by atoms with E-state index in [-0.39, 0.29) is 30.1 Å². The monoisotopic (exact) mass is 412 g/mol. The van der Waals surface area contributed by atoms with Gasteiger partial charge in [-0.2, -0.15) is 0 Å². The van der Waals surface area contributed by atoms with Gasteiger partial charge in [0.2, 0.25) is 11.8 Å². The predicted octanol–water partition coefficient (Wildman–Crippen LogP) is 3.51. The van der Waals surface area contributed by atoms with Gasteiger partial charge in [-0.3, -0.25) is 9.59 Å². The number of benzene rings is 1. The van der Waals surface area contributed by atoms with E-state index in [1.165, 1.54) is 12.5 Å². The van der Waals surface area contributed by atoms with Gasteiger partial charge in [-0.05, 0) is 50.3 Å². The van der Waals surface area contributed by atoms with Crippen LogP contribution in [0.1, 0.15) is 56.3 Å². The lowest BCUT2D eigenvalue weighted by atomic mass is 9.88. The minimum atomic E-state index is -0.405. The molecule has 0 radical (unpaired) electrons. The van der Waals surface area contributed by atoms with Gasteiger partial charge in [0.05, 0.1) is 5.69 Å². The lowest BCUT2D eigenvalue weighted by molar-refractivity contribution is -0.142. The molecule has 4 rings (SSSR count). The van der Waals surface area contributed by atoms with E-state index in [4.69, 9.17) is 0 Å². The highest BCUT2D eigenvalue weighted by molar-refractivity contribution is 5.89. The van der Waals surface area contributed by atoms with Crippen LogP contribution in [0, 0.1) is 18.7 Å². The van der Waals surface area contributed by atoms with Crippen LogP contribution in [0.15, 0.2) is 30.6 Å². The largest absolute Gasteiger partial charge is 0.350 e. The van der Waals surface area contributed by atoms with Gasteiger partial charge in [-0.25, -0.2) is 9.37 Å². The number of hydrogen-bond acceptors (Lipinski definition) is 3. The molecule has 1 aliphatic heterocycles. The Bertz CT molecular complexity index is 920. The second-order valence-electron chi connectivity index (χ2n) is 8.37. The van der Waals surface area contributed by atoms with Crippen molar-refractivity contribution in [2.24, 2.45) is 5.92 Å². The number of rotatable bonds is 5. The number of nitrogens with zero attached hydrogens (tertiary/aromatic N) is 3. The fourth-order valence-corrected chi connectivity index (χ4v) is 4.68. The van der Waals surface area contributed by atoms with Crippen LogP contribution in [0.3, 0.4) is 0 Å². The topological polar surface area (TPSA) is 67.2 Å². The van der Waals surface area contributed by atoms with E-state index in [1.807, 2.05) is 6.92 Å². The normalized spacial score (nSPS) is 19.8. The van der Waals surface area contributed by atoms with Crippen LogP contribution in [-0.4, -0.2) is 38.9 Å². The molecule has 2 aromatic rings. The van der Waals surface area contributed by atoms with Crippen molar-refractivity contribution in [3.05, 3.63) is 47.8 Å². The van der Waals surface area contributed by atoms with Crippen LogP contribution in [-0.2, 0) is 16.1 Å². The minimum absolute atomic E-state index is 0.0698. The van der Waals surface area contributed by atoms with Gasteiger partial charge >= 0.3 is 0 Å². The minimum Gasteiger partial charge on any atom is -0.350 e. The first-order valence-electron chi connectivity index (χ1n) is 10.9. The number of carbonyl (C=O) groups is 2. The first kappa shape index (κ1) is 20.6. The highest BCUT2D eigenvalue weighted by atomic mass is 19.1. The number of aromatic nitrogens is 2. The third kappa shape index (κ3) is 4.25. The highest BCUT2D eigenvalue weighted by Gasteiger charge is 2.37.